The zero-order valence-corrected chi connectivity index (χ0v) is 30.9. The summed E-state index contributed by atoms with van der Waals surface area (Å²) in [5.41, 5.74) is 5.70. The van der Waals surface area contributed by atoms with E-state index in [0.717, 1.165) is 25.7 Å². The molecule has 0 radical (unpaired) electrons. The molecule has 4 atom stereocenters. The molecule has 56 heavy (non-hydrogen) atoms. The number of likely N-dealkylation sites (tertiary alicyclic amines) is 1. The van der Waals surface area contributed by atoms with Gasteiger partial charge in [0.05, 0.1) is 0 Å². The lowest BCUT2D eigenvalue weighted by Gasteiger charge is -2.28. The van der Waals surface area contributed by atoms with Gasteiger partial charge in [-0.2, -0.15) is 0 Å². The highest BCUT2D eigenvalue weighted by Crippen LogP contribution is 2.49. The van der Waals surface area contributed by atoms with E-state index < -0.39 is 7.25 Å². The number of hydrogen-bond donors (Lipinski definition) is 0. The largest absolute Gasteiger partial charge is 0.673 e. The van der Waals surface area contributed by atoms with Gasteiger partial charge in [-0.15, -0.1) is 0 Å². The Morgan fingerprint density at radius 3 is 1.04 bits per heavy atom. The van der Waals surface area contributed by atoms with Crippen LogP contribution >= 0.6 is 0 Å². The maximum absolute atomic E-state index is 9.75. The molecule has 2 aliphatic heterocycles. The molecule has 2 aliphatic rings. The first kappa shape index (κ1) is 35.7. The van der Waals surface area contributed by atoms with Crippen LogP contribution in [0.1, 0.15) is 72.1 Å². The molecule has 0 N–H and O–H groups in total. The normalized spacial score (nSPS) is 19.8. The average molecular weight is 745 g/mol. The van der Waals surface area contributed by atoms with Crippen LogP contribution < -0.4 is 0 Å². The van der Waals surface area contributed by atoms with Crippen molar-refractivity contribution in [1.82, 2.24) is 4.90 Å². The van der Waals surface area contributed by atoms with Gasteiger partial charge in [-0.05, 0) is 68.8 Å². The summed E-state index contributed by atoms with van der Waals surface area (Å²) in [6, 6.07) is 64.4. The molecule has 8 aromatic carbocycles. The van der Waals surface area contributed by atoms with Gasteiger partial charge in [0.2, 0.25) is 6.34 Å². The Balaban J connectivity index is 0.000000773. The van der Waals surface area contributed by atoms with Gasteiger partial charge in [-0.25, -0.2) is 0 Å². The van der Waals surface area contributed by atoms with Crippen molar-refractivity contribution < 1.29 is 21.8 Å². The third-order valence-corrected chi connectivity index (χ3v) is 11.9. The summed E-state index contributed by atoms with van der Waals surface area (Å²) in [6.45, 7) is 0. The van der Waals surface area contributed by atoms with Crippen LogP contribution in [-0.4, -0.2) is 23.1 Å². The van der Waals surface area contributed by atoms with E-state index in [-0.39, 0.29) is 24.2 Å². The van der Waals surface area contributed by atoms with Gasteiger partial charge in [-0.3, -0.25) is 9.48 Å². The summed E-state index contributed by atoms with van der Waals surface area (Å²) < 4.78 is 41.8. The van der Waals surface area contributed by atoms with Crippen LogP contribution in [0.15, 0.2) is 170 Å². The van der Waals surface area contributed by atoms with Crippen LogP contribution in [0.5, 0.6) is 0 Å². The molecule has 278 valence electrons. The SMILES string of the molecule is C(N1[C@H](c2cccc3ccccc23)CC[C@H]1c1cccc2ccccc12)=[N+]1[C@H](c2cccc3ccccc23)CC[C@H]1c1cccc2ccccc12.F[B-](F)(F)F. The topological polar surface area (TPSA) is 6.25 Å². The van der Waals surface area contributed by atoms with E-state index in [0.29, 0.717) is 0 Å². The van der Waals surface area contributed by atoms with E-state index in [1.807, 2.05) is 0 Å². The Hall–Kier alpha value is -5.95. The molecule has 2 fully saturated rings. The number of nitrogens with zero attached hydrogens (tertiary/aromatic N) is 2. The van der Waals surface area contributed by atoms with Crippen molar-refractivity contribution in [3.63, 3.8) is 0 Å². The third-order valence-electron chi connectivity index (χ3n) is 11.9. The second-order valence-corrected chi connectivity index (χ2v) is 15.0. The van der Waals surface area contributed by atoms with E-state index in [2.05, 4.69) is 186 Å². The zero-order chi connectivity index (χ0) is 38.2. The number of fused-ring (bicyclic) bond motifs is 4. The first-order chi connectivity index (χ1) is 27.3. The van der Waals surface area contributed by atoms with Crippen LogP contribution in [0.4, 0.5) is 17.3 Å². The predicted octanol–water partition coefficient (Wildman–Crippen LogP) is 13.8. The summed E-state index contributed by atoms with van der Waals surface area (Å²) >= 11 is 0. The molecule has 0 aromatic heterocycles. The molecular weight excluding hydrogens is 703 g/mol. The fourth-order valence-electron chi connectivity index (χ4n) is 9.57. The van der Waals surface area contributed by atoms with Gasteiger partial charge in [-0.1, -0.05) is 170 Å². The summed E-state index contributed by atoms with van der Waals surface area (Å²) in [7, 11) is -6.00. The molecule has 0 saturated carbocycles. The van der Waals surface area contributed by atoms with Crippen molar-refractivity contribution in [2.75, 3.05) is 0 Å². The molecule has 2 saturated heterocycles. The van der Waals surface area contributed by atoms with E-state index in [4.69, 9.17) is 0 Å². The van der Waals surface area contributed by atoms with Crippen molar-refractivity contribution in [2.45, 2.75) is 49.9 Å². The molecule has 10 rings (SSSR count). The van der Waals surface area contributed by atoms with Crippen LogP contribution in [0.2, 0.25) is 0 Å². The smallest absolute Gasteiger partial charge is 0.418 e. The Labute approximate surface area is 324 Å². The number of halogens is 4. The molecule has 0 amide bonds. The lowest BCUT2D eigenvalue weighted by molar-refractivity contribution is -0.590. The van der Waals surface area contributed by atoms with Crippen molar-refractivity contribution >= 4 is 56.7 Å². The predicted molar refractivity (Wildman–Crippen MR) is 224 cm³/mol. The van der Waals surface area contributed by atoms with Gasteiger partial charge in [0, 0.05) is 22.3 Å². The average Bonchev–Trinajstić information content (AvgIpc) is 3.83. The summed E-state index contributed by atoms with van der Waals surface area (Å²) in [6.07, 6.45) is 7.00. The molecule has 0 spiro atoms. The van der Waals surface area contributed by atoms with Gasteiger partial charge < -0.3 is 17.3 Å². The quantitative estimate of drug-likeness (QED) is 0.0736. The van der Waals surface area contributed by atoms with Crippen molar-refractivity contribution in [3.05, 3.63) is 192 Å². The Morgan fingerprint density at radius 2 is 0.679 bits per heavy atom. The number of hydrogen-bond acceptors (Lipinski definition) is 0. The van der Waals surface area contributed by atoms with E-state index in [1.165, 1.54) is 65.3 Å². The Bertz CT molecular complexity index is 2520. The summed E-state index contributed by atoms with van der Waals surface area (Å²) in [5.74, 6) is 0. The van der Waals surface area contributed by atoms with Crippen LogP contribution in [0.25, 0.3) is 43.1 Å². The lowest BCUT2D eigenvalue weighted by atomic mass is 9.97. The highest BCUT2D eigenvalue weighted by atomic mass is 19.5. The standard InChI is InChI=1S/C49H41N2.BF4/c1-5-21-38-34(13-1)17-9-25-42(38)46-29-30-47(43-26-10-18-35-14-2-6-22-39(35)43)50(46)33-51-48(44-27-11-19-36-15-3-7-23-40(36)44)31-32-49(51)45-28-12-20-37-16-4-8-24-41(37)45;2-1(3,4)5/h1-28,33,46-49H,29-32H2;/q+1;-1/t46-,47-,48-,49-;/m0./s1. The number of benzene rings is 8. The van der Waals surface area contributed by atoms with E-state index in [1.54, 1.807) is 0 Å². The Morgan fingerprint density at radius 1 is 0.393 bits per heavy atom. The number of rotatable bonds is 5. The second-order valence-electron chi connectivity index (χ2n) is 15.0. The zero-order valence-electron chi connectivity index (χ0n) is 30.9. The van der Waals surface area contributed by atoms with Crippen LogP contribution in [-0.2, 0) is 0 Å². The molecule has 2 nitrogen and oxygen atoms in total. The molecule has 0 bridgehead atoms. The first-order valence-corrected chi connectivity index (χ1v) is 19.5. The van der Waals surface area contributed by atoms with Gasteiger partial charge in [0.1, 0.15) is 24.2 Å². The summed E-state index contributed by atoms with van der Waals surface area (Å²) in [4.78, 5) is 2.77. The van der Waals surface area contributed by atoms with Crippen molar-refractivity contribution in [1.29, 1.82) is 0 Å². The monoisotopic (exact) mass is 744 g/mol. The maximum Gasteiger partial charge on any atom is 0.673 e. The fraction of sp³-hybridized carbons (Fsp3) is 0.163. The van der Waals surface area contributed by atoms with Gasteiger partial charge >= 0.3 is 7.25 Å². The van der Waals surface area contributed by atoms with Gasteiger partial charge in [0.25, 0.3) is 0 Å². The second kappa shape index (κ2) is 14.9. The fourth-order valence-corrected chi connectivity index (χ4v) is 9.57. The van der Waals surface area contributed by atoms with E-state index in [9.17, 15) is 17.3 Å². The van der Waals surface area contributed by atoms with Crippen molar-refractivity contribution in [3.8, 4) is 0 Å². The molecule has 0 unspecified atom stereocenters. The molecular formula is C49H41BF4N2. The molecule has 7 heteroatoms. The summed E-state index contributed by atoms with van der Waals surface area (Å²) in [5, 5.41) is 10.7. The molecule has 8 aromatic rings. The maximum atomic E-state index is 9.75. The molecule has 2 heterocycles. The minimum atomic E-state index is -6.00. The third kappa shape index (κ3) is 6.91. The minimum absolute atomic E-state index is 0.252. The minimum Gasteiger partial charge on any atom is -0.418 e. The van der Waals surface area contributed by atoms with Gasteiger partial charge in [0.15, 0.2) is 0 Å². The van der Waals surface area contributed by atoms with Crippen molar-refractivity contribution in [2.24, 2.45) is 0 Å². The highest BCUT2D eigenvalue weighted by Gasteiger charge is 2.44. The van der Waals surface area contributed by atoms with Crippen LogP contribution in [0.3, 0.4) is 0 Å². The Kier molecular flexibility index (Phi) is 9.54. The van der Waals surface area contributed by atoms with Crippen LogP contribution in [0, 0.1) is 0 Å². The first-order valence-electron chi connectivity index (χ1n) is 19.5. The molecule has 0 aliphatic carbocycles. The van der Waals surface area contributed by atoms with E-state index >= 15 is 0 Å². The lowest BCUT2D eigenvalue weighted by Crippen LogP contribution is -2.32. The highest BCUT2D eigenvalue weighted by molar-refractivity contribution is 6.50.